The van der Waals surface area contributed by atoms with E-state index in [1.807, 2.05) is 137 Å². The van der Waals surface area contributed by atoms with Crippen LogP contribution in [0.15, 0.2) is 90.2 Å². The first-order chi connectivity index (χ1) is 26.5. The third-order valence-corrected chi connectivity index (χ3v) is 10.4. The highest BCUT2D eigenvalue weighted by molar-refractivity contribution is 9.10. The molecule has 1 saturated heterocycles. The first-order valence-corrected chi connectivity index (χ1v) is 19.4. The van der Waals surface area contributed by atoms with Crippen molar-refractivity contribution in [2.24, 2.45) is 14.1 Å². The van der Waals surface area contributed by atoms with Crippen molar-refractivity contribution < 1.29 is 28.4 Å². The number of aryl methyl sites for hydroxylation is 2. The fraction of sp³-hybridized carbons (Fsp3) is 0.395. The number of ether oxygens (including phenoxy) is 2. The molecule has 2 aromatic carbocycles. The summed E-state index contributed by atoms with van der Waals surface area (Å²) in [7, 11) is 3.47. The van der Waals surface area contributed by atoms with Gasteiger partial charge in [-0.1, -0.05) is 19.6 Å². The van der Waals surface area contributed by atoms with Crippen LogP contribution in [-0.2, 0) is 42.5 Å². The third kappa shape index (κ3) is 10.9. The zero-order valence-corrected chi connectivity index (χ0v) is 35.3. The number of carbonyl (C=O) groups excluding carboxylic acids is 2. The second kappa shape index (κ2) is 19.0. The summed E-state index contributed by atoms with van der Waals surface area (Å²) in [5, 5.41) is 10.3. The molecule has 1 fully saturated rings. The highest BCUT2D eigenvalue weighted by atomic mass is 79.9. The Morgan fingerprint density at radius 2 is 1.21 bits per heavy atom. The molecule has 6 aromatic rings. The first kappa shape index (κ1) is 44.8. The zero-order chi connectivity index (χ0) is 40.8. The molecule has 12 nitrogen and oxygen atoms in total. The topological polar surface area (TPSA) is 132 Å². The molecule has 0 aliphatic carbocycles. The fourth-order valence-corrected chi connectivity index (χ4v) is 6.24. The van der Waals surface area contributed by atoms with Crippen LogP contribution in [0.2, 0.25) is 0 Å². The molecule has 4 aromatic heterocycles. The van der Waals surface area contributed by atoms with Gasteiger partial charge < -0.3 is 18.8 Å². The predicted molar refractivity (Wildman–Crippen MR) is 229 cm³/mol. The number of aromatic nitrogens is 6. The van der Waals surface area contributed by atoms with Crippen molar-refractivity contribution in [3.63, 3.8) is 0 Å². The van der Waals surface area contributed by atoms with E-state index in [-0.39, 0.29) is 49.5 Å². The average Bonchev–Trinajstić information content (AvgIpc) is 3.86. The largest absolute Gasteiger partial charge is 0.498 e. The number of pyridine rings is 2. The van der Waals surface area contributed by atoms with Crippen molar-refractivity contribution in [1.82, 2.24) is 29.5 Å². The van der Waals surface area contributed by atoms with Gasteiger partial charge in [0.1, 0.15) is 0 Å². The Morgan fingerprint density at radius 1 is 0.719 bits per heavy atom. The molecule has 2 unspecified atom stereocenters. The minimum atomic E-state index is -0.302. The minimum absolute atomic E-state index is 0. The van der Waals surface area contributed by atoms with E-state index in [2.05, 4.69) is 42.2 Å². The van der Waals surface area contributed by atoms with Crippen LogP contribution < -0.4 is 5.46 Å². The van der Waals surface area contributed by atoms with Gasteiger partial charge >= 0.3 is 19.1 Å². The summed E-state index contributed by atoms with van der Waals surface area (Å²) in [6, 6.07) is 15.8. The summed E-state index contributed by atoms with van der Waals surface area (Å²) in [5.41, 5.74) is 6.12. The van der Waals surface area contributed by atoms with E-state index >= 15 is 0 Å². The normalized spacial score (nSPS) is 15.0. The molecule has 302 valence electrons. The van der Waals surface area contributed by atoms with E-state index in [0.717, 1.165) is 54.0 Å². The molecular formula is C43H54BBrN6O6. The van der Waals surface area contributed by atoms with Gasteiger partial charge in [-0.3, -0.25) is 28.9 Å². The lowest BCUT2D eigenvalue weighted by Crippen LogP contribution is -2.41. The van der Waals surface area contributed by atoms with Gasteiger partial charge in [0.25, 0.3) is 0 Å². The molecule has 7 rings (SSSR count). The lowest BCUT2D eigenvalue weighted by atomic mass is 9.82. The Morgan fingerprint density at radius 3 is 1.68 bits per heavy atom. The maximum Gasteiger partial charge on any atom is 0.498 e. The van der Waals surface area contributed by atoms with Gasteiger partial charge in [-0.25, -0.2) is 0 Å². The molecule has 2 atom stereocenters. The van der Waals surface area contributed by atoms with Crippen molar-refractivity contribution in [2.45, 2.75) is 85.9 Å². The van der Waals surface area contributed by atoms with Crippen LogP contribution >= 0.6 is 15.9 Å². The molecular weight excluding hydrogens is 787 g/mol. The fourth-order valence-electron chi connectivity index (χ4n) is 5.89. The lowest BCUT2D eigenvalue weighted by Gasteiger charge is -2.32. The van der Waals surface area contributed by atoms with Crippen molar-refractivity contribution >= 4 is 62.3 Å². The van der Waals surface area contributed by atoms with Gasteiger partial charge in [0.15, 0.2) is 0 Å². The highest BCUT2D eigenvalue weighted by Gasteiger charge is 2.52. The maximum absolute atomic E-state index is 11.9. The van der Waals surface area contributed by atoms with E-state index in [9.17, 15) is 9.59 Å². The van der Waals surface area contributed by atoms with Gasteiger partial charge in [-0.2, -0.15) is 10.2 Å². The summed E-state index contributed by atoms with van der Waals surface area (Å²) in [5.74, 6) is -0.947. The number of esters is 2. The van der Waals surface area contributed by atoms with Crippen molar-refractivity contribution in [2.75, 3.05) is 13.2 Å². The molecule has 0 bridgehead atoms. The number of hydrogen-bond donors (Lipinski definition) is 0. The van der Waals surface area contributed by atoms with Gasteiger partial charge in [0.05, 0.1) is 53.5 Å². The van der Waals surface area contributed by atoms with Crippen LogP contribution in [0.3, 0.4) is 0 Å². The number of carbonyl (C=O) groups is 2. The van der Waals surface area contributed by atoms with E-state index in [0.29, 0.717) is 13.2 Å². The Labute approximate surface area is 344 Å². The smallest absolute Gasteiger partial charge is 0.466 e. The molecule has 0 amide bonds. The quantitative estimate of drug-likeness (QED) is 0.109. The molecule has 1 aliphatic rings. The molecule has 0 N–H and O–H groups in total. The molecule has 0 spiro atoms. The molecule has 0 saturated carbocycles. The molecule has 0 radical (unpaired) electrons. The summed E-state index contributed by atoms with van der Waals surface area (Å²) in [6.45, 7) is 16.3. The van der Waals surface area contributed by atoms with E-state index in [4.69, 9.17) is 18.8 Å². The Balaban J connectivity index is 0.000000192. The molecule has 57 heavy (non-hydrogen) atoms. The molecule has 1 aliphatic heterocycles. The van der Waals surface area contributed by atoms with Crippen molar-refractivity contribution in [3.8, 4) is 11.1 Å². The standard InChI is InChI=1S/C18H19N3O2.C14H14BrNO2.C10H17BN2O2.CH4/c1-4-23-18(22)12(2)13-5-6-17-14(7-13)8-15(9-19-17)16-10-20-21(3)11-16;1-3-18-14(17)9(2)10-4-5-13-11(6-10)7-12(15)8-16-13;1-9(2)10(3,4)15-11(14-9)8-6-12-13(5)7-8;/h5-12H,4H2,1-3H3;4-9H,3H2,1-2H3;6-7H,1-5H3;1H4. The third-order valence-electron chi connectivity index (χ3n) is 9.95. The maximum atomic E-state index is 11.9. The summed E-state index contributed by atoms with van der Waals surface area (Å²) in [6.07, 6.45) is 11.1. The average molecular weight is 842 g/mol. The Kier molecular flexibility index (Phi) is 14.9. The number of hydrogen-bond acceptors (Lipinski definition) is 10. The molecule has 5 heterocycles. The van der Waals surface area contributed by atoms with Crippen LogP contribution in [0.25, 0.3) is 32.9 Å². The van der Waals surface area contributed by atoms with Crippen LogP contribution in [-0.4, -0.2) is 73.0 Å². The summed E-state index contributed by atoms with van der Waals surface area (Å²) in [4.78, 5) is 32.4. The number of rotatable bonds is 8. The SMILES string of the molecule is C.CCOC(=O)C(C)c1ccc2ncc(-c3cnn(C)c3)cc2c1.CCOC(=O)C(C)c1ccc2ncc(Br)cc2c1.Cn1cc(B2OC(C)(C)C(C)(C)O2)cn1. The molecule has 14 heteroatoms. The van der Waals surface area contributed by atoms with E-state index in [1.54, 1.807) is 21.8 Å². The van der Waals surface area contributed by atoms with Gasteiger partial charge in [0.2, 0.25) is 0 Å². The second-order valence-corrected chi connectivity index (χ2v) is 15.6. The number of halogens is 1. The number of nitrogens with zero attached hydrogens (tertiary/aromatic N) is 6. The summed E-state index contributed by atoms with van der Waals surface area (Å²) >= 11 is 3.39. The van der Waals surface area contributed by atoms with Gasteiger partial charge in [0, 0.05) is 76.9 Å². The number of fused-ring (bicyclic) bond motifs is 2. The first-order valence-electron chi connectivity index (χ1n) is 18.6. The zero-order valence-electron chi connectivity index (χ0n) is 33.7. The monoisotopic (exact) mass is 840 g/mol. The Bertz CT molecular complexity index is 2290. The number of benzene rings is 2. The van der Waals surface area contributed by atoms with Crippen LogP contribution in [0.5, 0.6) is 0 Å². The van der Waals surface area contributed by atoms with Crippen molar-refractivity contribution in [3.05, 3.63) is 101 Å². The van der Waals surface area contributed by atoms with Crippen molar-refractivity contribution in [1.29, 1.82) is 0 Å². The highest BCUT2D eigenvalue weighted by Crippen LogP contribution is 2.36. The van der Waals surface area contributed by atoms with Crippen LogP contribution in [0.1, 0.15) is 85.8 Å². The Hall–Kier alpha value is -4.92. The second-order valence-electron chi connectivity index (χ2n) is 14.7. The van der Waals surface area contributed by atoms with Crippen LogP contribution in [0, 0.1) is 0 Å². The van der Waals surface area contributed by atoms with E-state index < -0.39 is 0 Å². The van der Waals surface area contributed by atoms with Gasteiger partial charge in [-0.15, -0.1) is 0 Å². The van der Waals surface area contributed by atoms with Crippen LogP contribution in [0.4, 0.5) is 0 Å². The predicted octanol–water partition coefficient (Wildman–Crippen LogP) is 8.32. The minimum Gasteiger partial charge on any atom is -0.466 e. The lowest BCUT2D eigenvalue weighted by molar-refractivity contribution is -0.145. The van der Waals surface area contributed by atoms with Gasteiger partial charge in [-0.05, 0) is 119 Å². The summed E-state index contributed by atoms with van der Waals surface area (Å²) < 4.78 is 26.3. The van der Waals surface area contributed by atoms with E-state index in [1.165, 1.54) is 0 Å².